The molecule has 2 amide bonds. The Morgan fingerprint density at radius 2 is 1.53 bits per heavy atom. The zero-order chi connectivity index (χ0) is 22.2. The number of hydrogen-bond donors (Lipinski definition) is 0. The summed E-state index contributed by atoms with van der Waals surface area (Å²) in [7, 11) is 1.52. The summed E-state index contributed by atoms with van der Waals surface area (Å²) in [5, 5.41) is 0. The second-order valence-corrected chi connectivity index (χ2v) is 7.70. The van der Waals surface area contributed by atoms with Crippen molar-refractivity contribution in [2.45, 2.75) is 12.8 Å². The fraction of sp³-hybridized carbons (Fsp3) is 0.154. The van der Waals surface area contributed by atoms with Crippen molar-refractivity contribution in [2.75, 3.05) is 23.5 Å². The topological polar surface area (TPSA) is 49.9 Å². The van der Waals surface area contributed by atoms with Gasteiger partial charge in [0, 0.05) is 17.8 Å². The second-order valence-electron chi connectivity index (χ2n) is 7.70. The molecule has 2 heterocycles. The van der Waals surface area contributed by atoms with Crippen molar-refractivity contribution < 1.29 is 18.7 Å². The van der Waals surface area contributed by atoms with E-state index >= 15 is 0 Å². The van der Waals surface area contributed by atoms with Crippen molar-refractivity contribution >= 4 is 28.8 Å². The minimum atomic E-state index is -0.631. The highest BCUT2D eigenvalue weighted by molar-refractivity contribution is 6.46. The first-order valence-corrected chi connectivity index (χ1v) is 10.5. The molecule has 0 bridgehead atoms. The highest BCUT2D eigenvalue weighted by Gasteiger charge is 2.45. The van der Waals surface area contributed by atoms with Crippen LogP contribution in [0.1, 0.15) is 17.5 Å². The van der Waals surface area contributed by atoms with Gasteiger partial charge in [-0.1, -0.05) is 48.5 Å². The number of hydrogen-bond acceptors (Lipinski definition) is 4. The lowest BCUT2D eigenvalue weighted by atomic mass is 9.98. The minimum Gasteiger partial charge on any atom is -0.496 e. The minimum absolute atomic E-state index is 0.0600. The maximum Gasteiger partial charge on any atom is 0.282 e. The summed E-state index contributed by atoms with van der Waals surface area (Å²) in [6.45, 7) is 0.578. The summed E-state index contributed by atoms with van der Waals surface area (Å²) in [5.74, 6) is -1.27. The van der Waals surface area contributed by atoms with Crippen molar-refractivity contribution in [2.24, 2.45) is 0 Å². The molecule has 0 N–H and O–H groups in total. The standard InChI is InChI=1S/C26H21FN2O3/c1-32-22-15-7-3-11-18(22)23-24(28-16-8-10-17-9-2-5-13-20(17)28)26(31)29(25(23)30)21-14-6-4-12-19(21)27/h2-7,9,11-15H,8,10,16H2,1H3. The average Bonchev–Trinajstić information content (AvgIpc) is 3.08. The normalized spacial score (nSPS) is 15.9. The van der Waals surface area contributed by atoms with Crippen LogP contribution in [0.3, 0.4) is 0 Å². The molecule has 5 nitrogen and oxygen atoms in total. The quantitative estimate of drug-likeness (QED) is 0.571. The molecular weight excluding hydrogens is 407 g/mol. The molecule has 160 valence electrons. The molecule has 2 aliphatic rings. The van der Waals surface area contributed by atoms with Crippen molar-refractivity contribution in [1.82, 2.24) is 0 Å². The molecule has 0 aromatic heterocycles. The third kappa shape index (κ3) is 3.07. The van der Waals surface area contributed by atoms with Crippen LogP contribution in [0.4, 0.5) is 15.8 Å². The van der Waals surface area contributed by atoms with Gasteiger partial charge in [0.2, 0.25) is 0 Å². The van der Waals surface area contributed by atoms with E-state index in [1.807, 2.05) is 29.2 Å². The Kier molecular flexibility index (Phi) is 4.98. The van der Waals surface area contributed by atoms with E-state index in [1.165, 1.54) is 25.3 Å². The van der Waals surface area contributed by atoms with E-state index in [2.05, 4.69) is 0 Å². The Morgan fingerprint density at radius 1 is 0.844 bits per heavy atom. The first-order chi connectivity index (χ1) is 15.6. The van der Waals surface area contributed by atoms with E-state index in [9.17, 15) is 14.0 Å². The largest absolute Gasteiger partial charge is 0.496 e. The molecule has 0 unspecified atom stereocenters. The van der Waals surface area contributed by atoms with Crippen LogP contribution < -0.4 is 14.5 Å². The smallest absolute Gasteiger partial charge is 0.282 e. The molecule has 6 heteroatoms. The van der Waals surface area contributed by atoms with E-state index in [1.54, 1.807) is 30.3 Å². The molecule has 2 aliphatic heterocycles. The summed E-state index contributed by atoms with van der Waals surface area (Å²) in [5.41, 5.74) is 2.90. The molecule has 0 saturated carbocycles. The zero-order valence-corrected chi connectivity index (χ0v) is 17.5. The number of imide groups is 1. The van der Waals surface area contributed by atoms with Gasteiger partial charge in [0.05, 0.1) is 18.4 Å². The summed E-state index contributed by atoms with van der Waals surface area (Å²) in [4.78, 5) is 30.3. The number of carbonyl (C=O) groups excluding carboxylic acids is 2. The first-order valence-electron chi connectivity index (χ1n) is 10.5. The van der Waals surface area contributed by atoms with Crippen molar-refractivity contribution in [1.29, 1.82) is 0 Å². The van der Waals surface area contributed by atoms with E-state index < -0.39 is 17.6 Å². The number of methoxy groups -OCH3 is 1. The number of fused-ring (bicyclic) bond motifs is 1. The number of anilines is 2. The Bertz CT molecular complexity index is 1270. The maximum absolute atomic E-state index is 14.7. The fourth-order valence-electron chi connectivity index (χ4n) is 4.48. The molecule has 0 fully saturated rings. The lowest BCUT2D eigenvalue weighted by Crippen LogP contribution is -2.37. The summed E-state index contributed by atoms with van der Waals surface area (Å²) in [6.07, 6.45) is 1.73. The van der Waals surface area contributed by atoms with Crippen LogP contribution >= 0.6 is 0 Å². The molecule has 0 radical (unpaired) electrons. The maximum atomic E-state index is 14.7. The van der Waals surface area contributed by atoms with Gasteiger partial charge in [0.25, 0.3) is 11.8 Å². The molecule has 3 aromatic carbocycles. The number of amides is 2. The van der Waals surface area contributed by atoms with E-state index in [0.717, 1.165) is 29.0 Å². The highest BCUT2D eigenvalue weighted by atomic mass is 19.1. The van der Waals surface area contributed by atoms with Crippen LogP contribution in [-0.2, 0) is 16.0 Å². The molecule has 5 rings (SSSR count). The Balaban J connectivity index is 1.75. The SMILES string of the molecule is COc1ccccc1C1=C(N2CCCc3ccccc32)C(=O)N(c2ccccc2F)C1=O. The average molecular weight is 428 g/mol. The van der Waals surface area contributed by atoms with Crippen molar-refractivity contribution in [3.8, 4) is 5.75 Å². The van der Waals surface area contributed by atoms with Gasteiger partial charge < -0.3 is 9.64 Å². The molecular formula is C26H21FN2O3. The summed E-state index contributed by atoms with van der Waals surface area (Å²) in [6, 6.07) is 20.8. The number of halogens is 1. The predicted molar refractivity (Wildman–Crippen MR) is 121 cm³/mol. The number of aryl methyl sites for hydroxylation is 1. The van der Waals surface area contributed by atoms with Gasteiger partial charge >= 0.3 is 0 Å². The fourth-order valence-corrected chi connectivity index (χ4v) is 4.48. The molecule has 0 aliphatic carbocycles. The monoisotopic (exact) mass is 428 g/mol. The van der Waals surface area contributed by atoms with Gasteiger partial charge in [-0.05, 0) is 42.7 Å². The molecule has 3 aromatic rings. The van der Waals surface area contributed by atoms with Crippen LogP contribution in [0, 0.1) is 5.82 Å². The Hall–Kier alpha value is -3.93. The van der Waals surface area contributed by atoms with Crippen LogP contribution in [0.15, 0.2) is 78.5 Å². The third-order valence-electron chi connectivity index (χ3n) is 5.91. The van der Waals surface area contributed by atoms with E-state index in [-0.39, 0.29) is 17.0 Å². The predicted octanol–water partition coefficient (Wildman–Crippen LogP) is 4.57. The van der Waals surface area contributed by atoms with Crippen LogP contribution in [0.25, 0.3) is 5.57 Å². The van der Waals surface area contributed by atoms with Gasteiger partial charge in [-0.25, -0.2) is 9.29 Å². The number of nitrogens with zero attached hydrogens (tertiary/aromatic N) is 2. The summed E-state index contributed by atoms with van der Waals surface area (Å²) < 4.78 is 20.2. The lowest BCUT2D eigenvalue weighted by Gasteiger charge is -2.32. The molecule has 32 heavy (non-hydrogen) atoms. The third-order valence-corrected chi connectivity index (χ3v) is 5.91. The van der Waals surface area contributed by atoms with Gasteiger partial charge in [0.15, 0.2) is 0 Å². The van der Waals surface area contributed by atoms with E-state index in [4.69, 9.17) is 4.74 Å². The number of para-hydroxylation sites is 3. The molecule has 0 spiro atoms. The Morgan fingerprint density at radius 3 is 2.31 bits per heavy atom. The van der Waals surface area contributed by atoms with Crippen LogP contribution in [0.2, 0.25) is 0 Å². The zero-order valence-electron chi connectivity index (χ0n) is 17.5. The van der Waals surface area contributed by atoms with Crippen molar-refractivity contribution in [3.05, 3.63) is 95.4 Å². The van der Waals surface area contributed by atoms with Gasteiger partial charge in [-0.15, -0.1) is 0 Å². The van der Waals surface area contributed by atoms with Crippen LogP contribution in [-0.4, -0.2) is 25.5 Å². The number of benzene rings is 3. The van der Waals surface area contributed by atoms with E-state index in [0.29, 0.717) is 17.9 Å². The van der Waals surface area contributed by atoms with Gasteiger partial charge in [0.1, 0.15) is 17.3 Å². The number of rotatable bonds is 4. The molecule has 0 saturated heterocycles. The van der Waals surface area contributed by atoms with Crippen LogP contribution in [0.5, 0.6) is 5.75 Å². The highest BCUT2D eigenvalue weighted by Crippen LogP contribution is 2.41. The number of carbonyl (C=O) groups is 2. The molecule has 0 atom stereocenters. The second kappa shape index (κ2) is 7.96. The first kappa shape index (κ1) is 20.0. The Labute approximate surface area is 185 Å². The van der Waals surface area contributed by atoms with Crippen molar-refractivity contribution in [3.63, 3.8) is 0 Å². The van der Waals surface area contributed by atoms with Gasteiger partial charge in [-0.2, -0.15) is 0 Å². The lowest BCUT2D eigenvalue weighted by molar-refractivity contribution is -0.120. The number of ether oxygens (including phenoxy) is 1. The van der Waals surface area contributed by atoms with Gasteiger partial charge in [-0.3, -0.25) is 9.59 Å². The summed E-state index contributed by atoms with van der Waals surface area (Å²) >= 11 is 0.